The predicted octanol–water partition coefficient (Wildman–Crippen LogP) is 4.54. The lowest BCUT2D eigenvalue weighted by Gasteiger charge is -2.18. The summed E-state index contributed by atoms with van der Waals surface area (Å²) < 4.78 is 10.7. The number of hydrogen-bond donors (Lipinski definition) is 1. The molecule has 142 valence electrons. The number of nitrogens with one attached hydrogen (secondary N) is 1. The van der Waals surface area contributed by atoms with E-state index in [4.69, 9.17) is 9.47 Å². The van der Waals surface area contributed by atoms with Crippen molar-refractivity contribution in [2.45, 2.75) is 13.0 Å². The molecule has 0 fully saturated rings. The molecule has 0 aliphatic rings. The van der Waals surface area contributed by atoms with E-state index >= 15 is 0 Å². The van der Waals surface area contributed by atoms with Crippen LogP contribution in [-0.4, -0.2) is 19.0 Å². The molecule has 5 nitrogen and oxygen atoms in total. The van der Waals surface area contributed by atoms with Gasteiger partial charge < -0.3 is 14.8 Å². The molecule has 0 aromatic heterocycles. The summed E-state index contributed by atoms with van der Waals surface area (Å²) in [6, 6.07) is 22.9. The van der Waals surface area contributed by atoms with Gasteiger partial charge in [0.05, 0.1) is 12.7 Å². The zero-order valence-electron chi connectivity index (χ0n) is 15.7. The zero-order chi connectivity index (χ0) is 19.9. The summed E-state index contributed by atoms with van der Waals surface area (Å²) in [7, 11) is 1.55. The molecule has 0 radical (unpaired) electrons. The van der Waals surface area contributed by atoms with Gasteiger partial charge in [0.1, 0.15) is 5.75 Å². The van der Waals surface area contributed by atoms with Gasteiger partial charge in [0, 0.05) is 17.3 Å². The van der Waals surface area contributed by atoms with Crippen molar-refractivity contribution in [1.82, 2.24) is 0 Å². The quantitative estimate of drug-likeness (QED) is 0.643. The molecule has 0 saturated heterocycles. The standard InChI is InChI=1S/C23H21NO4/c1-16-11-13-18(14-12-16)23(26)28-21(17-7-4-3-5-8-17)22(25)24-19-9-6-10-20(15-19)27-2/h3-15,21H,1-2H3,(H,24,25). The van der Waals surface area contributed by atoms with Crippen LogP contribution < -0.4 is 10.1 Å². The van der Waals surface area contributed by atoms with Gasteiger partial charge in [-0.2, -0.15) is 0 Å². The highest BCUT2D eigenvalue weighted by Gasteiger charge is 2.26. The Hall–Kier alpha value is -3.60. The molecule has 1 N–H and O–H groups in total. The number of rotatable bonds is 6. The molecule has 0 heterocycles. The smallest absolute Gasteiger partial charge is 0.339 e. The van der Waals surface area contributed by atoms with Crippen molar-refractivity contribution in [3.63, 3.8) is 0 Å². The number of carbonyl (C=O) groups is 2. The normalized spacial score (nSPS) is 11.4. The van der Waals surface area contributed by atoms with Gasteiger partial charge in [-0.3, -0.25) is 4.79 Å². The fraction of sp³-hybridized carbons (Fsp3) is 0.130. The highest BCUT2D eigenvalue weighted by Crippen LogP contribution is 2.23. The number of anilines is 1. The second-order valence-electron chi connectivity index (χ2n) is 6.28. The molecular formula is C23H21NO4. The topological polar surface area (TPSA) is 64.6 Å². The molecule has 0 aliphatic heterocycles. The van der Waals surface area contributed by atoms with Crippen molar-refractivity contribution in [2.24, 2.45) is 0 Å². The van der Waals surface area contributed by atoms with Gasteiger partial charge in [-0.25, -0.2) is 4.79 Å². The van der Waals surface area contributed by atoms with E-state index < -0.39 is 18.0 Å². The number of esters is 1. The van der Waals surface area contributed by atoms with Crippen molar-refractivity contribution in [1.29, 1.82) is 0 Å². The molecular weight excluding hydrogens is 354 g/mol. The van der Waals surface area contributed by atoms with Crippen LogP contribution >= 0.6 is 0 Å². The van der Waals surface area contributed by atoms with Crippen molar-refractivity contribution in [2.75, 3.05) is 12.4 Å². The first kappa shape index (κ1) is 19.2. The summed E-state index contributed by atoms with van der Waals surface area (Å²) >= 11 is 0. The lowest BCUT2D eigenvalue weighted by atomic mass is 10.1. The summed E-state index contributed by atoms with van der Waals surface area (Å²) in [5.74, 6) is -0.389. The maximum absolute atomic E-state index is 12.9. The lowest BCUT2D eigenvalue weighted by molar-refractivity contribution is -0.125. The Kier molecular flexibility index (Phi) is 6.07. The van der Waals surface area contributed by atoms with Crippen LogP contribution in [0, 0.1) is 6.92 Å². The monoisotopic (exact) mass is 375 g/mol. The Balaban J connectivity index is 1.83. The van der Waals surface area contributed by atoms with Gasteiger partial charge in [-0.1, -0.05) is 54.1 Å². The number of amides is 1. The van der Waals surface area contributed by atoms with E-state index in [9.17, 15) is 9.59 Å². The average Bonchev–Trinajstić information content (AvgIpc) is 2.73. The molecule has 5 heteroatoms. The van der Waals surface area contributed by atoms with Crippen LogP contribution in [0.1, 0.15) is 27.6 Å². The highest BCUT2D eigenvalue weighted by atomic mass is 16.5. The maximum atomic E-state index is 12.9. The minimum absolute atomic E-state index is 0.390. The SMILES string of the molecule is COc1cccc(NC(=O)C(OC(=O)c2ccc(C)cc2)c2ccccc2)c1. The Morgan fingerprint density at radius 3 is 2.29 bits per heavy atom. The molecule has 3 aromatic carbocycles. The van der Waals surface area contributed by atoms with E-state index in [1.807, 2.05) is 25.1 Å². The number of benzene rings is 3. The van der Waals surface area contributed by atoms with Crippen LogP contribution in [0.3, 0.4) is 0 Å². The number of ether oxygens (including phenoxy) is 2. The van der Waals surface area contributed by atoms with Gasteiger partial charge in [0.2, 0.25) is 6.10 Å². The first-order chi connectivity index (χ1) is 13.6. The average molecular weight is 375 g/mol. The fourth-order valence-corrected chi connectivity index (χ4v) is 2.67. The zero-order valence-corrected chi connectivity index (χ0v) is 15.7. The Bertz CT molecular complexity index is 952. The minimum Gasteiger partial charge on any atom is -0.497 e. The largest absolute Gasteiger partial charge is 0.497 e. The van der Waals surface area contributed by atoms with Crippen LogP contribution in [0.4, 0.5) is 5.69 Å². The van der Waals surface area contributed by atoms with Crippen LogP contribution in [0.25, 0.3) is 0 Å². The minimum atomic E-state index is -1.08. The Labute approximate surface area is 163 Å². The van der Waals surface area contributed by atoms with Gasteiger partial charge in [-0.15, -0.1) is 0 Å². The molecule has 1 amide bonds. The second kappa shape index (κ2) is 8.86. The first-order valence-electron chi connectivity index (χ1n) is 8.84. The summed E-state index contributed by atoms with van der Waals surface area (Å²) in [5, 5.41) is 2.78. The molecule has 0 bridgehead atoms. The first-order valence-corrected chi connectivity index (χ1v) is 8.84. The van der Waals surface area contributed by atoms with Crippen molar-refractivity contribution in [3.05, 3.63) is 95.6 Å². The van der Waals surface area contributed by atoms with Gasteiger partial charge in [0.25, 0.3) is 5.91 Å². The third-order valence-corrected chi connectivity index (χ3v) is 4.19. The molecule has 0 aliphatic carbocycles. The van der Waals surface area contributed by atoms with E-state index in [1.165, 1.54) is 0 Å². The van der Waals surface area contributed by atoms with E-state index in [0.29, 0.717) is 22.6 Å². The number of methoxy groups -OCH3 is 1. The highest BCUT2D eigenvalue weighted by molar-refractivity contribution is 5.98. The van der Waals surface area contributed by atoms with Gasteiger partial charge in [-0.05, 0) is 31.2 Å². The van der Waals surface area contributed by atoms with Crippen LogP contribution in [0.15, 0.2) is 78.9 Å². The number of aryl methyl sites for hydroxylation is 1. The van der Waals surface area contributed by atoms with E-state index in [-0.39, 0.29) is 0 Å². The van der Waals surface area contributed by atoms with Crippen molar-refractivity contribution < 1.29 is 19.1 Å². The third kappa shape index (κ3) is 4.76. The maximum Gasteiger partial charge on any atom is 0.339 e. The van der Waals surface area contributed by atoms with E-state index in [1.54, 1.807) is 67.8 Å². The predicted molar refractivity (Wildman–Crippen MR) is 107 cm³/mol. The Morgan fingerprint density at radius 1 is 0.893 bits per heavy atom. The molecule has 1 atom stereocenters. The number of hydrogen-bond acceptors (Lipinski definition) is 4. The van der Waals surface area contributed by atoms with Crippen LogP contribution in [0.5, 0.6) is 5.75 Å². The van der Waals surface area contributed by atoms with Crippen LogP contribution in [0.2, 0.25) is 0 Å². The molecule has 1 unspecified atom stereocenters. The van der Waals surface area contributed by atoms with E-state index in [0.717, 1.165) is 5.56 Å². The van der Waals surface area contributed by atoms with Crippen LogP contribution in [-0.2, 0) is 9.53 Å². The molecule has 28 heavy (non-hydrogen) atoms. The molecule has 3 aromatic rings. The summed E-state index contributed by atoms with van der Waals surface area (Å²) in [6.45, 7) is 1.93. The molecule has 3 rings (SSSR count). The van der Waals surface area contributed by atoms with Crippen molar-refractivity contribution in [3.8, 4) is 5.75 Å². The van der Waals surface area contributed by atoms with Gasteiger partial charge in [0.15, 0.2) is 0 Å². The molecule has 0 spiro atoms. The lowest BCUT2D eigenvalue weighted by Crippen LogP contribution is -2.26. The van der Waals surface area contributed by atoms with Crippen molar-refractivity contribution >= 4 is 17.6 Å². The second-order valence-corrected chi connectivity index (χ2v) is 6.28. The summed E-state index contributed by atoms with van der Waals surface area (Å²) in [6.07, 6.45) is -1.08. The fourth-order valence-electron chi connectivity index (χ4n) is 2.67. The summed E-state index contributed by atoms with van der Waals surface area (Å²) in [4.78, 5) is 25.5. The Morgan fingerprint density at radius 2 is 1.61 bits per heavy atom. The molecule has 0 saturated carbocycles. The third-order valence-electron chi connectivity index (χ3n) is 4.19. The van der Waals surface area contributed by atoms with Gasteiger partial charge >= 0.3 is 5.97 Å². The number of carbonyl (C=O) groups excluding carboxylic acids is 2. The van der Waals surface area contributed by atoms with E-state index in [2.05, 4.69) is 5.32 Å². The summed E-state index contributed by atoms with van der Waals surface area (Å²) in [5.41, 5.74) is 2.56.